The van der Waals surface area contributed by atoms with Crippen LogP contribution in [-0.4, -0.2) is 38.8 Å². The van der Waals surface area contributed by atoms with Crippen LogP contribution in [0, 0.1) is 0 Å². The molecule has 17 heavy (non-hydrogen) atoms. The number of likely N-dealkylation sites (tertiary alicyclic amines) is 1. The van der Waals surface area contributed by atoms with Crippen LogP contribution in [-0.2, 0) is 4.74 Å². The van der Waals surface area contributed by atoms with E-state index in [0.29, 0.717) is 12.1 Å². The van der Waals surface area contributed by atoms with E-state index in [0.717, 1.165) is 12.8 Å². The number of fused-ring (bicyclic) bond motifs is 2. The molecule has 2 saturated carbocycles. The average Bonchev–Trinajstić information content (AvgIpc) is 2.96. The Labute approximate surface area is 119 Å². The van der Waals surface area contributed by atoms with Gasteiger partial charge in [-0.2, -0.15) is 0 Å². The number of ether oxygens (including phenoxy) is 1. The lowest BCUT2D eigenvalue weighted by molar-refractivity contribution is 0.150. The lowest BCUT2D eigenvalue weighted by Gasteiger charge is -2.49. The molecule has 0 aromatic rings. The molecule has 0 unspecified atom stereocenters. The van der Waals surface area contributed by atoms with Crippen molar-refractivity contribution in [2.24, 2.45) is 0 Å². The molecule has 1 aliphatic heterocycles. The molecule has 1 saturated heterocycles. The van der Waals surface area contributed by atoms with Crippen molar-refractivity contribution >= 4 is 38.0 Å². The first kappa shape index (κ1) is 12.3. The van der Waals surface area contributed by atoms with Crippen LogP contribution >= 0.6 is 31.9 Å². The van der Waals surface area contributed by atoms with Crippen LogP contribution in [0.4, 0.5) is 4.79 Å². The molecule has 3 fully saturated rings. The summed E-state index contributed by atoms with van der Waals surface area (Å²) in [6.45, 7) is 0. The molecule has 0 N–H and O–H groups in total. The third kappa shape index (κ3) is 1.68. The first-order valence-electron chi connectivity index (χ1n) is 6.25. The van der Waals surface area contributed by atoms with Gasteiger partial charge in [-0.05, 0) is 25.7 Å². The van der Waals surface area contributed by atoms with Gasteiger partial charge in [0.1, 0.15) is 0 Å². The lowest BCUT2D eigenvalue weighted by Crippen LogP contribution is -2.51. The predicted molar refractivity (Wildman–Crippen MR) is 72.8 cm³/mol. The fourth-order valence-corrected chi connectivity index (χ4v) is 5.62. The topological polar surface area (TPSA) is 29.3 Å². The first-order valence-corrected chi connectivity index (χ1v) is 7.83. The molecule has 0 aromatic heterocycles. The lowest BCUT2D eigenvalue weighted by atomic mass is 9.70. The monoisotopic (exact) mass is 365 g/mol. The Morgan fingerprint density at radius 1 is 1.18 bits per heavy atom. The van der Waals surface area contributed by atoms with Crippen LogP contribution in [0.25, 0.3) is 0 Å². The Morgan fingerprint density at radius 3 is 2.06 bits per heavy atom. The number of hydrogen-bond acceptors (Lipinski definition) is 2. The third-order valence-corrected chi connectivity index (χ3v) is 8.21. The molecule has 0 spiro atoms. The van der Waals surface area contributed by atoms with E-state index in [2.05, 4.69) is 31.9 Å². The SMILES string of the molecule is COC(=O)N1[C@H]2C[C@]3(Br)CCCC[C@]3(Br)C[C@@H]21. The van der Waals surface area contributed by atoms with Crippen molar-refractivity contribution in [3.05, 3.63) is 0 Å². The Hall–Kier alpha value is 0.230. The first-order chi connectivity index (χ1) is 8.01. The highest BCUT2D eigenvalue weighted by Gasteiger charge is 2.66. The highest BCUT2D eigenvalue weighted by molar-refractivity contribution is 9.13. The quantitative estimate of drug-likeness (QED) is 0.485. The molecule has 1 amide bonds. The van der Waals surface area contributed by atoms with Crippen molar-refractivity contribution < 1.29 is 9.53 Å². The van der Waals surface area contributed by atoms with Gasteiger partial charge >= 0.3 is 6.09 Å². The minimum absolute atomic E-state index is 0.161. The Kier molecular flexibility index (Phi) is 2.79. The summed E-state index contributed by atoms with van der Waals surface area (Å²) >= 11 is 7.94. The molecule has 3 rings (SSSR count). The molecule has 0 bridgehead atoms. The highest BCUT2D eigenvalue weighted by Crippen LogP contribution is 2.62. The molecule has 96 valence electrons. The minimum atomic E-state index is -0.161. The number of halogens is 2. The van der Waals surface area contributed by atoms with E-state index in [1.807, 2.05) is 4.90 Å². The summed E-state index contributed by atoms with van der Waals surface area (Å²) in [6.07, 6.45) is 6.93. The maximum atomic E-state index is 11.6. The van der Waals surface area contributed by atoms with Crippen molar-refractivity contribution in [1.82, 2.24) is 4.90 Å². The number of methoxy groups -OCH3 is 1. The maximum Gasteiger partial charge on any atom is 0.410 e. The highest BCUT2D eigenvalue weighted by atomic mass is 79.9. The average molecular weight is 367 g/mol. The summed E-state index contributed by atoms with van der Waals surface area (Å²) in [5.74, 6) is 0. The Bertz CT molecular complexity index is 338. The van der Waals surface area contributed by atoms with Crippen LogP contribution in [0.3, 0.4) is 0 Å². The van der Waals surface area contributed by atoms with Gasteiger partial charge in [-0.1, -0.05) is 44.7 Å². The van der Waals surface area contributed by atoms with Gasteiger partial charge in [-0.25, -0.2) is 4.79 Å². The van der Waals surface area contributed by atoms with E-state index in [1.54, 1.807) is 0 Å². The molecule has 4 atom stereocenters. The van der Waals surface area contributed by atoms with E-state index < -0.39 is 0 Å². The van der Waals surface area contributed by atoms with Gasteiger partial charge in [0.2, 0.25) is 0 Å². The van der Waals surface area contributed by atoms with Gasteiger partial charge in [0.15, 0.2) is 0 Å². The summed E-state index contributed by atoms with van der Waals surface area (Å²) in [5.41, 5.74) is 0. The van der Waals surface area contributed by atoms with Gasteiger partial charge in [0.25, 0.3) is 0 Å². The van der Waals surface area contributed by atoms with Gasteiger partial charge in [0.05, 0.1) is 19.2 Å². The fraction of sp³-hybridized carbons (Fsp3) is 0.917. The zero-order chi connectivity index (χ0) is 12.3. The van der Waals surface area contributed by atoms with Crippen LogP contribution in [0.2, 0.25) is 0 Å². The molecule has 3 nitrogen and oxygen atoms in total. The van der Waals surface area contributed by atoms with Crippen molar-refractivity contribution in [2.45, 2.75) is 59.3 Å². The van der Waals surface area contributed by atoms with E-state index in [-0.39, 0.29) is 14.7 Å². The molecule has 0 aromatic carbocycles. The number of alkyl halides is 2. The van der Waals surface area contributed by atoms with Crippen LogP contribution in [0.1, 0.15) is 38.5 Å². The Morgan fingerprint density at radius 2 is 1.65 bits per heavy atom. The van der Waals surface area contributed by atoms with Crippen molar-refractivity contribution in [3.8, 4) is 0 Å². The smallest absolute Gasteiger partial charge is 0.410 e. The molecule has 2 aliphatic carbocycles. The zero-order valence-corrected chi connectivity index (χ0v) is 13.1. The normalized spacial score (nSPS) is 48.1. The van der Waals surface area contributed by atoms with Crippen molar-refractivity contribution in [2.75, 3.05) is 7.11 Å². The number of carbonyl (C=O) groups is 1. The third-order valence-electron chi connectivity index (χ3n) is 4.72. The van der Waals surface area contributed by atoms with Gasteiger partial charge in [-0.3, -0.25) is 4.90 Å². The molecular formula is C12H17Br2NO2. The summed E-state index contributed by atoms with van der Waals surface area (Å²) in [7, 11) is 1.47. The largest absolute Gasteiger partial charge is 0.453 e. The number of amides is 1. The second-order valence-electron chi connectivity index (χ2n) is 5.56. The number of rotatable bonds is 0. The predicted octanol–water partition coefficient (Wildman–Crippen LogP) is 3.44. The molecule has 3 aliphatic rings. The summed E-state index contributed by atoms with van der Waals surface area (Å²) in [5, 5.41) is 0. The van der Waals surface area contributed by atoms with E-state index in [1.165, 1.54) is 32.8 Å². The summed E-state index contributed by atoms with van der Waals surface area (Å²) < 4.78 is 5.18. The van der Waals surface area contributed by atoms with Crippen LogP contribution in [0.5, 0.6) is 0 Å². The van der Waals surface area contributed by atoms with Gasteiger partial charge in [-0.15, -0.1) is 0 Å². The Balaban J connectivity index is 1.81. The summed E-state index contributed by atoms with van der Waals surface area (Å²) in [4.78, 5) is 13.5. The van der Waals surface area contributed by atoms with Crippen LogP contribution in [0.15, 0.2) is 0 Å². The molecule has 5 heteroatoms. The minimum Gasteiger partial charge on any atom is -0.453 e. The van der Waals surface area contributed by atoms with Crippen LogP contribution < -0.4 is 0 Å². The summed E-state index contributed by atoms with van der Waals surface area (Å²) in [6, 6.07) is 0.788. The fourth-order valence-electron chi connectivity index (χ4n) is 3.67. The second-order valence-corrected chi connectivity index (χ2v) is 8.59. The molecular weight excluding hydrogens is 350 g/mol. The standard InChI is InChI=1S/C12H17Br2NO2/c1-17-10(16)15-8-6-11(13)4-2-3-5-12(11,14)7-9(8)15/h8-9H,2-7H2,1H3/t8-,9-,11-,12+,15?/m0/s1. The zero-order valence-electron chi connectivity index (χ0n) is 9.92. The van der Waals surface area contributed by atoms with Crippen molar-refractivity contribution in [1.29, 1.82) is 0 Å². The number of carbonyl (C=O) groups excluding carboxylic acids is 1. The maximum absolute atomic E-state index is 11.6. The molecule has 1 heterocycles. The molecule has 0 radical (unpaired) electrons. The van der Waals surface area contributed by atoms with Gasteiger partial charge in [0, 0.05) is 8.65 Å². The van der Waals surface area contributed by atoms with Gasteiger partial charge < -0.3 is 4.74 Å². The van der Waals surface area contributed by atoms with Crippen molar-refractivity contribution in [3.63, 3.8) is 0 Å². The van der Waals surface area contributed by atoms with E-state index in [9.17, 15) is 4.79 Å². The van der Waals surface area contributed by atoms with E-state index in [4.69, 9.17) is 4.74 Å². The van der Waals surface area contributed by atoms with E-state index >= 15 is 0 Å². The number of hydrogen-bond donors (Lipinski definition) is 0. The second kappa shape index (κ2) is 3.86. The number of nitrogens with zero attached hydrogens (tertiary/aromatic N) is 1.